The monoisotopic (exact) mass is 296 g/mol. The summed E-state index contributed by atoms with van der Waals surface area (Å²) in [7, 11) is 3.75. The predicted molar refractivity (Wildman–Crippen MR) is 86.2 cm³/mol. The topological polar surface area (TPSA) is 41.1 Å². The lowest BCUT2D eigenvalue weighted by atomic mass is 10.1. The number of benzene rings is 1. The van der Waals surface area contributed by atoms with E-state index in [1.165, 1.54) is 18.2 Å². The molecule has 1 rings (SSSR count). The van der Waals surface area contributed by atoms with Gasteiger partial charge in [-0.2, -0.15) is 0 Å². The van der Waals surface area contributed by atoms with Crippen molar-refractivity contribution in [3.05, 3.63) is 35.1 Å². The van der Waals surface area contributed by atoms with Gasteiger partial charge in [0.1, 0.15) is 5.82 Å². The summed E-state index contributed by atoms with van der Waals surface area (Å²) in [5.74, 6) is 1.56. The quantitative estimate of drug-likeness (QED) is 0.664. The zero-order valence-electron chi connectivity index (χ0n) is 12.3. The maximum absolute atomic E-state index is 13.2. The maximum atomic E-state index is 13.2. The third-order valence-corrected chi connectivity index (χ3v) is 1.90. The number of rotatable bonds is 3. The minimum absolute atomic E-state index is 0.0749. The van der Waals surface area contributed by atoms with Gasteiger partial charge in [-0.05, 0) is 37.9 Å². The van der Waals surface area contributed by atoms with E-state index in [0.717, 1.165) is 5.49 Å². The molecule has 0 saturated carbocycles. The fraction of sp³-hybridized carbons (Fsp3) is 0.333. The van der Waals surface area contributed by atoms with Gasteiger partial charge in [0.05, 0.1) is 11.9 Å². The molecule has 0 spiro atoms. The molecule has 0 unspecified atom stereocenters. The van der Waals surface area contributed by atoms with Crippen LogP contribution in [0.5, 0.6) is 0 Å². The van der Waals surface area contributed by atoms with E-state index < -0.39 is 5.82 Å². The average molecular weight is 296 g/mol. The number of carbonyl (C=O) groups is 1. The Bertz CT molecular complexity index is 456. The van der Waals surface area contributed by atoms with Crippen LogP contribution in [0.25, 0.3) is 0 Å². The van der Waals surface area contributed by atoms with E-state index in [1.54, 1.807) is 0 Å². The van der Waals surface area contributed by atoms with Crippen LogP contribution in [-0.4, -0.2) is 25.5 Å². The first-order valence-electron chi connectivity index (χ1n) is 6.15. The van der Waals surface area contributed by atoms with Crippen molar-refractivity contribution in [2.24, 2.45) is 0 Å². The Morgan fingerprint density at radius 3 is 2.45 bits per heavy atom. The smallest absolute Gasteiger partial charge is 0.229 e. The lowest BCUT2D eigenvalue weighted by Gasteiger charge is -2.02. The molecule has 1 aromatic carbocycles. The predicted octanol–water partition coefficient (Wildman–Crippen LogP) is 2.28. The highest BCUT2D eigenvalue weighted by atomic mass is 32.1. The van der Waals surface area contributed by atoms with Gasteiger partial charge in [-0.3, -0.25) is 4.79 Å². The zero-order chi connectivity index (χ0) is 16.0. The molecule has 1 aromatic rings. The average Bonchev–Trinajstić information content (AvgIpc) is 2.44. The largest absolute Gasteiger partial charge is 0.323 e. The third kappa shape index (κ3) is 9.20. The molecule has 3 nitrogen and oxygen atoms in total. The SMILES string of the molecule is C#Cc1ccc(F)c(CC(=O)NC=S)c1.CC.CNC. The highest BCUT2D eigenvalue weighted by Crippen LogP contribution is 2.10. The molecule has 0 heterocycles. The van der Waals surface area contributed by atoms with Gasteiger partial charge in [-0.1, -0.05) is 32.0 Å². The number of amides is 1. The highest BCUT2D eigenvalue weighted by Gasteiger charge is 2.07. The van der Waals surface area contributed by atoms with Gasteiger partial charge in [0.2, 0.25) is 5.91 Å². The van der Waals surface area contributed by atoms with Crippen LogP contribution in [0.4, 0.5) is 4.39 Å². The summed E-state index contributed by atoms with van der Waals surface area (Å²) in [4.78, 5) is 11.1. The van der Waals surface area contributed by atoms with Gasteiger partial charge in [0, 0.05) is 5.56 Å². The minimum Gasteiger partial charge on any atom is -0.323 e. The van der Waals surface area contributed by atoms with Crippen LogP contribution in [-0.2, 0) is 11.2 Å². The highest BCUT2D eigenvalue weighted by molar-refractivity contribution is 7.78. The molecule has 110 valence electrons. The van der Waals surface area contributed by atoms with Crippen LogP contribution in [0.1, 0.15) is 25.0 Å². The molecule has 0 fully saturated rings. The van der Waals surface area contributed by atoms with Crippen LogP contribution >= 0.6 is 12.2 Å². The summed E-state index contributed by atoms with van der Waals surface area (Å²) < 4.78 is 13.2. The first-order valence-corrected chi connectivity index (χ1v) is 6.62. The van der Waals surface area contributed by atoms with Crippen LogP contribution in [0.15, 0.2) is 18.2 Å². The van der Waals surface area contributed by atoms with Crippen molar-refractivity contribution in [2.45, 2.75) is 20.3 Å². The van der Waals surface area contributed by atoms with E-state index in [-0.39, 0.29) is 17.9 Å². The number of halogens is 1. The Morgan fingerprint density at radius 2 is 2.00 bits per heavy atom. The van der Waals surface area contributed by atoms with E-state index in [1.807, 2.05) is 27.9 Å². The molecule has 1 amide bonds. The van der Waals surface area contributed by atoms with Gasteiger partial charge in [0.25, 0.3) is 0 Å². The molecule has 0 bridgehead atoms. The molecule has 0 aliphatic carbocycles. The number of hydrogen-bond donors (Lipinski definition) is 2. The normalized spacial score (nSPS) is 8.00. The Kier molecular flexibility index (Phi) is 14.0. The van der Waals surface area contributed by atoms with Crippen LogP contribution in [0, 0.1) is 18.2 Å². The number of thiocarbonyl (C=S) groups is 1. The number of carbonyl (C=O) groups excluding carboxylic acids is 1. The number of terminal acetylenes is 1. The van der Waals surface area contributed by atoms with Crippen molar-refractivity contribution in [3.63, 3.8) is 0 Å². The molecule has 0 aliphatic rings. The van der Waals surface area contributed by atoms with Crippen molar-refractivity contribution in [2.75, 3.05) is 14.1 Å². The van der Waals surface area contributed by atoms with E-state index in [2.05, 4.69) is 28.8 Å². The fourth-order valence-corrected chi connectivity index (χ4v) is 1.22. The molecule has 0 radical (unpaired) electrons. The van der Waals surface area contributed by atoms with Gasteiger partial charge in [-0.15, -0.1) is 6.42 Å². The first-order chi connectivity index (χ1) is 9.58. The fourth-order valence-electron chi connectivity index (χ4n) is 1.09. The Labute approximate surface area is 126 Å². The maximum Gasteiger partial charge on any atom is 0.229 e. The van der Waals surface area contributed by atoms with Gasteiger partial charge in [-0.25, -0.2) is 4.39 Å². The lowest BCUT2D eigenvalue weighted by molar-refractivity contribution is -0.118. The van der Waals surface area contributed by atoms with Crippen molar-refractivity contribution in [1.82, 2.24) is 10.6 Å². The van der Waals surface area contributed by atoms with Crippen molar-refractivity contribution < 1.29 is 9.18 Å². The summed E-state index contributed by atoms with van der Waals surface area (Å²) in [5, 5.41) is 5.04. The molecular formula is C15H21FN2OS. The van der Waals surface area contributed by atoms with Crippen molar-refractivity contribution in [3.8, 4) is 12.3 Å². The van der Waals surface area contributed by atoms with E-state index in [9.17, 15) is 9.18 Å². The second-order valence-corrected chi connectivity index (χ2v) is 3.55. The Balaban J connectivity index is 0. The number of nitrogens with one attached hydrogen (secondary N) is 2. The summed E-state index contributed by atoms with van der Waals surface area (Å²) in [6.07, 6.45) is 5.09. The molecule has 0 atom stereocenters. The second kappa shape index (κ2) is 13.7. The third-order valence-electron chi connectivity index (χ3n) is 1.78. The van der Waals surface area contributed by atoms with Gasteiger partial charge < -0.3 is 10.6 Å². The summed E-state index contributed by atoms with van der Waals surface area (Å²) in [6.45, 7) is 4.00. The standard InChI is InChI=1S/C11H8FNOS.C2H7N.C2H6/c1-2-8-3-4-10(12)9(5-8)6-11(14)13-7-15;1-3-2;1-2/h1,3-5,7H,6H2,(H,13,14,15);3H,1-2H3;1-2H3. The van der Waals surface area contributed by atoms with Crippen molar-refractivity contribution >= 4 is 23.6 Å². The van der Waals surface area contributed by atoms with Crippen molar-refractivity contribution in [1.29, 1.82) is 0 Å². The first kappa shape index (κ1) is 20.5. The zero-order valence-corrected chi connectivity index (χ0v) is 13.1. The molecular weight excluding hydrogens is 275 g/mol. The lowest BCUT2D eigenvalue weighted by Crippen LogP contribution is -2.22. The molecule has 20 heavy (non-hydrogen) atoms. The summed E-state index contributed by atoms with van der Waals surface area (Å²) in [6, 6.07) is 4.20. The van der Waals surface area contributed by atoms with Gasteiger partial charge >= 0.3 is 0 Å². The van der Waals surface area contributed by atoms with E-state index in [0.29, 0.717) is 5.56 Å². The summed E-state index contributed by atoms with van der Waals surface area (Å²) in [5.41, 5.74) is 1.90. The molecule has 0 saturated heterocycles. The van der Waals surface area contributed by atoms with Gasteiger partial charge in [0.15, 0.2) is 0 Å². The van der Waals surface area contributed by atoms with Crippen LogP contribution in [0.3, 0.4) is 0 Å². The Hall–Kier alpha value is -1.77. The molecule has 2 N–H and O–H groups in total. The van der Waals surface area contributed by atoms with E-state index in [4.69, 9.17) is 6.42 Å². The summed E-state index contributed by atoms with van der Waals surface area (Å²) >= 11 is 4.44. The van der Waals surface area contributed by atoms with Crippen LogP contribution in [0.2, 0.25) is 0 Å². The van der Waals surface area contributed by atoms with E-state index >= 15 is 0 Å². The Morgan fingerprint density at radius 1 is 1.45 bits per heavy atom. The molecule has 5 heteroatoms. The molecule has 0 aromatic heterocycles. The second-order valence-electron chi connectivity index (χ2n) is 3.31. The molecule has 0 aliphatic heterocycles. The number of hydrogen-bond acceptors (Lipinski definition) is 3. The minimum atomic E-state index is -0.450. The van der Waals surface area contributed by atoms with Crippen LogP contribution < -0.4 is 10.6 Å².